The number of fused-ring (bicyclic) bond motifs is 4. The molecule has 1 saturated heterocycles. The molecule has 35 heavy (non-hydrogen) atoms. The van der Waals surface area contributed by atoms with Gasteiger partial charge >= 0.3 is 6.01 Å². The largest absolute Gasteiger partial charge is 0.458 e. The lowest BCUT2D eigenvalue weighted by atomic mass is 9.80. The summed E-state index contributed by atoms with van der Waals surface area (Å²) < 4.78 is 21.2. The van der Waals surface area contributed by atoms with E-state index < -0.39 is 5.60 Å². The summed E-state index contributed by atoms with van der Waals surface area (Å²) in [5.41, 5.74) is 2.55. The van der Waals surface area contributed by atoms with Crippen molar-refractivity contribution in [3.05, 3.63) is 130 Å². The summed E-state index contributed by atoms with van der Waals surface area (Å²) in [4.78, 5) is 16.2. The summed E-state index contributed by atoms with van der Waals surface area (Å²) in [7, 11) is 0. The topological polar surface area (TPSA) is 62.6 Å². The maximum absolute atomic E-state index is 12.1. The van der Waals surface area contributed by atoms with Crippen LogP contribution in [-0.4, -0.2) is 28.4 Å². The fourth-order valence-corrected chi connectivity index (χ4v) is 5.10. The predicted octanol–water partition coefficient (Wildman–Crippen LogP) is 4.61. The molecule has 0 amide bonds. The van der Waals surface area contributed by atoms with E-state index in [1.54, 1.807) is 13.1 Å². The molecule has 1 aromatic heterocycles. The van der Waals surface area contributed by atoms with Crippen molar-refractivity contribution in [1.29, 1.82) is 0 Å². The lowest BCUT2D eigenvalue weighted by Crippen LogP contribution is -2.39. The number of hydrogen-bond acceptors (Lipinski definition) is 5. The van der Waals surface area contributed by atoms with Gasteiger partial charge in [0.2, 0.25) is 0 Å². The van der Waals surface area contributed by atoms with Crippen LogP contribution in [0.2, 0.25) is 0 Å². The zero-order valence-electron chi connectivity index (χ0n) is 19.4. The van der Waals surface area contributed by atoms with E-state index in [0.717, 1.165) is 16.7 Å². The van der Waals surface area contributed by atoms with Gasteiger partial charge in [-0.1, -0.05) is 91.0 Å². The summed E-state index contributed by atoms with van der Waals surface area (Å²) >= 11 is 0. The molecule has 2 aliphatic heterocycles. The van der Waals surface area contributed by atoms with Gasteiger partial charge in [0.05, 0.1) is 6.61 Å². The Balaban J connectivity index is 1.37. The van der Waals surface area contributed by atoms with E-state index in [1.165, 1.54) is 0 Å². The van der Waals surface area contributed by atoms with Crippen molar-refractivity contribution in [2.45, 2.75) is 37.4 Å². The van der Waals surface area contributed by atoms with E-state index in [-0.39, 0.29) is 24.0 Å². The van der Waals surface area contributed by atoms with Gasteiger partial charge in [0.15, 0.2) is 0 Å². The fraction of sp³-hybridized carbons (Fsp3) is 0.241. The van der Waals surface area contributed by atoms with Gasteiger partial charge in [0.1, 0.15) is 24.0 Å². The van der Waals surface area contributed by atoms with Crippen molar-refractivity contribution in [2.24, 2.45) is 0 Å². The second-order valence-corrected chi connectivity index (χ2v) is 9.03. The molecular weight excluding hydrogens is 440 g/mol. The van der Waals surface area contributed by atoms with Crippen LogP contribution in [0.3, 0.4) is 0 Å². The van der Waals surface area contributed by atoms with Crippen LogP contribution in [0.25, 0.3) is 0 Å². The highest BCUT2D eigenvalue weighted by atomic mass is 16.6. The molecule has 176 valence electrons. The molecule has 0 spiro atoms. The van der Waals surface area contributed by atoms with Crippen molar-refractivity contribution >= 4 is 0 Å². The van der Waals surface area contributed by atoms with Crippen molar-refractivity contribution in [1.82, 2.24) is 9.55 Å². The number of rotatable bonds is 6. The van der Waals surface area contributed by atoms with Crippen LogP contribution < -0.4 is 10.3 Å². The van der Waals surface area contributed by atoms with E-state index >= 15 is 0 Å². The Morgan fingerprint density at radius 3 is 2.00 bits per heavy atom. The number of aromatic nitrogens is 2. The Labute approximate surface area is 203 Å². The van der Waals surface area contributed by atoms with Crippen molar-refractivity contribution in [3.8, 4) is 6.01 Å². The van der Waals surface area contributed by atoms with Crippen LogP contribution >= 0.6 is 0 Å². The molecule has 4 aromatic rings. The number of benzene rings is 3. The summed E-state index contributed by atoms with van der Waals surface area (Å²) in [6, 6.07) is 31.1. The highest BCUT2D eigenvalue weighted by Crippen LogP contribution is 2.43. The zero-order valence-corrected chi connectivity index (χ0v) is 19.4. The first-order valence-corrected chi connectivity index (χ1v) is 11.9. The third-order valence-electron chi connectivity index (χ3n) is 6.84. The Bertz CT molecular complexity index is 1280. The van der Waals surface area contributed by atoms with E-state index in [2.05, 4.69) is 41.4 Å². The van der Waals surface area contributed by atoms with E-state index in [1.807, 2.05) is 59.2 Å². The van der Waals surface area contributed by atoms with Crippen LogP contribution in [0.4, 0.5) is 0 Å². The Hall–Kier alpha value is -3.74. The monoisotopic (exact) mass is 466 g/mol. The minimum Gasteiger partial charge on any atom is -0.458 e. The third kappa shape index (κ3) is 3.75. The molecule has 0 aliphatic carbocycles. The molecule has 0 unspecified atom stereocenters. The Morgan fingerprint density at radius 2 is 1.46 bits per heavy atom. The van der Waals surface area contributed by atoms with Gasteiger partial charge in [-0.25, -0.2) is 0 Å². The average Bonchev–Trinajstić information content (AvgIpc) is 3.24. The van der Waals surface area contributed by atoms with Gasteiger partial charge in [-0.3, -0.25) is 9.36 Å². The SMILES string of the molecule is Cc1cn2c(nc1=O)O[C@H]1C[C@H]2O[C@H]1COC(c1ccccc1)(c1ccccc1)c1ccccc1. The molecule has 6 heteroatoms. The van der Waals surface area contributed by atoms with Crippen molar-refractivity contribution in [2.75, 3.05) is 6.61 Å². The summed E-state index contributed by atoms with van der Waals surface area (Å²) in [6.45, 7) is 2.05. The van der Waals surface area contributed by atoms with Crippen LogP contribution in [0.5, 0.6) is 6.01 Å². The summed E-state index contributed by atoms with van der Waals surface area (Å²) in [5.74, 6) is 0. The van der Waals surface area contributed by atoms with Gasteiger partial charge in [0, 0.05) is 18.2 Å². The number of hydrogen-bond donors (Lipinski definition) is 0. The van der Waals surface area contributed by atoms with E-state index in [9.17, 15) is 4.79 Å². The van der Waals surface area contributed by atoms with E-state index in [0.29, 0.717) is 24.6 Å². The minimum atomic E-state index is -0.832. The molecule has 3 heterocycles. The molecule has 2 aliphatic rings. The lowest BCUT2D eigenvalue weighted by molar-refractivity contribution is -0.0816. The van der Waals surface area contributed by atoms with Crippen LogP contribution in [0.15, 0.2) is 102 Å². The molecule has 6 nitrogen and oxygen atoms in total. The molecule has 1 fully saturated rings. The lowest BCUT2D eigenvalue weighted by Gasteiger charge is -2.37. The molecule has 3 aromatic carbocycles. The fourth-order valence-electron chi connectivity index (χ4n) is 5.10. The van der Waals surface area contributed by atoms with Gasteiger partial charge in [-0.05, 0) is 23.6 Å². The Morgan fingerprint density at radius 1 is 0.914 bits per heavy atom. The maximum atomic E-state index is 12.1. The van der Waals surface area contributed by atoms with Crippen LogP contribution in [0.1, 0.15) is 34.9 Å². The van der Waals surface area contributed by atoms with Gasteiger partial charge in [0.25, 0.3) is 5.56 Å². The molecule has 0 saturated carbocycles. The van der Waals surface area contributed by atoms with E-state index in [4.69, 9.17) is 14.2 Å². The first-order chi connectivity index (χ1) is 17.1. The first-order valence-electron chi connectivity index (χ1n) is 11.9. The standard InChI is InChI=1S/C29H26N2O4/c1-20-18-31-26-17-24(35-28(31)30-27(20)32)25(34-26)19-33-29(21-11-5-2-6-12-21,22-13-7-3-8-14-22)23-15-9-4-10-16-23/h2-16,18,24-26H,17,19H2,1H3/t24-,25-,26+/m0/s1. The second-order valence-electron chi connectivity index (χ2n) is 9.03. The number of ether oxygens (including phenoxy) is 3. The van der Waals surface area contributed by atoms with Crippen LogP contribution in [0, 0.1) is 6.92 Å². The van der Waals surface area contributed by atoms with Crippen LogP contribution in [-0.2, 0) is 15.1 Å². The Kier molecular flexibility index (Phi) is 5.47. The summed E-state index contributed by atoms with van der Waals surface area (Å²) in [5, 5.41) is 0. The van der Waals surface area contributed by atoms with Gasteiger partial charge in [-0.2, -0.15) is 4.98 Å². The van der Waals surface area contributed by atoms with Gasteiger partial charge < -0.3 is 14.2 Å². The number of nitrogens with zero attached hydrogens (tertiary/aromatic N) is 2. The quantitative estimate of drug-likeness (QED) is 0.389. The highest BCUT2D eigenvalue weighted by molar-refractivity contribution is 5.47. The molecule has 3 atom stereocenters. The molecule has 0 radical (unpaired) electrons. The third-order valence-corrected chi connectivity index (χ3v) is 6.84. The molecular formula is C29H26N2O4. The maximum Gasteiger partial charge on any atom is 0.302 e. The smallest absolute Gasteiger partial charge is 0.302 e. The second kappa shape index (κ2) is 8.80. The molecule has 6 rings (SSSR count). The normalized spacial score (nSPS) is 20.8. The zero-order chi connectivity index (χ0) is 23.8. The van der Waals surface area contributed by atoms with Gasteiger partial charge in [-0.15, -0.1) is 0 Å². The van der Waals surface area contributed by atoms with Crippen molar-refractivity contribution in [3.63, 3.8) is 0 Å². The molecule has 0 N–H and O–H groups in total. The predicted molar refractivity (Wildman–Crippen MR) is 131 cm³/mol. The molecule has 2 bridgehead atoms. The average molecular weight is 467 g/mol. The minimum absolute atomic E-state index is 0.233. The first kappa shape index (κ1) is 21.8. The highest BCUT2D eigenvalue weighted by Gasteiger charge is 2.46. The number of aryl methyl sites for hydroxylation is 1. The van der Waals surface area contributed by atoms with Crippen molar-refractivity contribution < 1.29 is 14.2 Å². The summed E-state index contributed by atoms with van der Waals surface area (Å²) in [6.07, 6.45) is 1.66.